The SMILES string of the molecule is Cc1ncsc1CCOC1CC(C)CCC1CN. The molecule has 1 saturated carbocycles. The molecule has 1 fully saturated rings. The number of aryl methyl sites for hydroxylation is 1. The van der Waals surface area contributed by atoms with Gasteiger partial charge in [0, 0.05) is 11.3 Å². The van der Waals surface area contributed by atoms with E-state index in [1.54, 1.807) is 11.3 Å². The molecule has 1 aromatic rings. The van der Waals surface area contributed by atoms with Gasteiger partial charge in [-0.15, -0.1) is 11.3 Å². The van der Waals surface area contributed by atoms with Crippen LogP contribution in [0.1, 0.15) is 36.8 Å². The third-order valence-corrected chi connectivity index (χ3v) is 4.99. The maximum absolute atomic E-state index is 6.08. The molecule has 1 aliphatic carbocycles. The third kappa shape index (κ3) is 3.53. The van der Waals surface area contributed by atoms with Crippen LogP contribution < -0.4 is 5.73 Å². The van der Waals surface area contributed by atoms with Gasteiger partial charge < -0.3 is 10.5 Å². The Labute approximate surface area is 114 Å². The fraction of sp³-hybridized carbons (Fsp3) is 0.786. The average Bonchev–Trinajstić information content (AvgIpc) is 2.76. The minimum atomic E-state index is 0.368. The molecule has 1 aromatic heterocycles. The summed E-state index contributed by atoms with van der Waals surface area (Å²) in [4.78, 5) is 5.62. The van der Waals surface area contributed by atoms with E-state index in [0.717, 1.165) is 31.2 Å². The molecular weight excluding hydrogens is 244 g/mol. The highest BCUT2D eigenvalue weighted by Gasteiger charge is 2.28. The highest BCUT2D eigenvalue weighted by Crippen LogP contribution is 2.30. The van der Waals surface area contributed by atoms with Crippen LogP contribution in [0, 0.1) is 18.8 Å². The van der Waals surface area contributed by atoms with Gasteiger partial charge in [0.1, 0.15) is 0 Å². The van der Waals surface area contributed by atoms with Crippen LogP contribution in [0.4, 0.5) is 0 Å². The van der Waals surface area contributed by atoms with Gasteiger partial charge in [-0.1, -0.05) is 13.3 Å². The molecule has 1 aliphatic rings. The van der Waals surface area contributed by atoms with Gasteiger partial charge in [0.2, 0.25) is 0 Å². The quantitative estimate of drug-likeness (QED) is 0.893. The zero-order valence-electron chi connectivity index (χ0n) is 11.4. The third-order valence-electron chi connectivity index (χ3n) is 4.00. The standard InChI is InChI=1S/C14H24N2OS/c1-10-3-4-12(8-15)13(7-10)17-6-5-14-11(2)16-9-18-14/h9-10,12-13H,3-8,15H2,1-2H3. The van der Waals surface area contributed by atoms with E-state index in [1.165, 1.54) is 24.1 Å². The summed E-state index contributed by atoms with van der Waals surface area (Å²) < 4.78 is 6.08. The second-order valence-electron chi connectivity index (χ2n) is 5.43. The van der Waals surface area contributed by atoms with Crippen molar-refractivity contribution in [1.82, 2.24) is 4.98 Å². The minimum Gasteiger partial charge on any atom is -0.377 e. The fourth-order valence-electron chi connectivity index (χ4n) is 2.73. The molecule has 0 spiro atoms. The number of ether oxygens (including phenoxy) is 1. The van der Waals surface area contributed by atoms with Crippen molar-refractivity contribution >= 4 is 11.3 Å². The molecule has 0 radical (unpaired) electrons. The summed E-state index contributed by atoms with van der Waals surface area (Å²) in [5.41, 5.74) is 8.90. The van der Waals surface area contributed by atoms with Crippen molar-refractivity contribution in [2.75, 3.05) is 13.2 Å². The van der Waals surface area contributed by atoms with Crippen molar-refractivity contribution in [1.29, 1.82) is 0 Å². The molecule has 1 heterocycles. The van der Waals surface area contributed by atoms with Gasteiger partial charge in [-0.05, 0) is 38.1 Å². The lowest BCUT2D eigenvalue weighted by Crippen LogP contribution is -2.36. The summed E-state index contributed by atoms with van der Waals surface area (Å²) in [6.07, 6.45) is 5.05. The second-order valence-corrected chi connectivity index (χ2v) is 6.37. The van der Waals surface area contributed by atoms with Gasteiger partial charge in [0.25, 0.3) is 0 Å². The number of hydrogen-bond acceptors (Lipinski definition) is 4. The molecule has 0 saturated heterocycles. The fourth-order valence-corrected chi connectivity index (χ4v) is 3.50. The van der Waals surface area contributed by atoms with Crippen molar-refractivity contribution in [2.24, 2.45) is 17.6 Å². The van der Waals surface area contributed by atoms with Crippen LogP contribution in [0.3, 0.4) is 0 Å². The number of aromatic nitrogens is 1. The first-order valence-corrected chi connectivity index (χ1v) is 7.79. The van der Waals surface area contributed by atoms with Crippen molar-refractivity contribution in [3.63, 3.8) is 0 Å². The van der Waals surface area contributed by atoms with Gasteiger partial charge in [0.15, 0.2) is 0 Å². The number of thiazole rings is 1. The zero-order chi connectivity index (χ0) is 13.0. The van der Waals surface area contributed by atoms with E-state index in [9.17, 15) is 0 Å². The summed E-state index contributed by atoms with van der Waals surface area (Å²) >= 11 is 1.73. The van der Waals surface area contributed by atoms with Crippen LogP contribution in [0.15, 0.2) is 5.51 Å². The summed E-state index contributed by atoms with van der Waals surface area (Å²) in [6, 6.07) is 0. The maximum Gasteiger partial charge on any atom is 0.0797 e. The molecule has 2 rings (SSSR count). The molecule has 0 bridgehead atoms. The van der Waals surface area contributed by atoms with E-state index in [0.29, 0.717) is 12.0 Å². The first kappa shape index (κ1) is 14.0. The molecule has 0 aliphatic heterocycles. The smallest absolute Gasteiger partial charge is 0.0797 e. The van der Waals surface area contributed by atoms with Crippen LogP contribution in [0.2, 0.25) is 0 Å². The Morgan fingerprint density at radius 1 is 1.50 bits per heavy atom. The van der Waals surface area contributed by atoms with Crippen LogP contribution in [-0.2, 0) is 11.2 Å². The summed E-state index contributed by atoms with van der Waals surface area (Å²) in [6.45, 7) is 5.95. The van der Waals surface area contributed by atoms with Gasteiger partial charge >= 0.3 is 0 Å². The topological polar surface area (TPSA) is 48.1 Å². The highest BCUT2D eigenvalue weighted by atomic mass is 32.1. The molecule has 3 nitrogen and oxygen atoms in total. The van der Waals surface area contributed by atoms with Crippen molar-refractivity contribution in [3.05, 3.63) is 16.1 Å². The van der Waals surface area contributed by atoms with Gasteiger partial charge in [0.05, 0.1) is 23.9 Å². The summed E-state index contributed by atoms with van der Waals surface area (Å²) in [5, 5.41) is 0. The van der Waals surface area contributed by atoms with Gasteiger partial charge in [-0.2, -0.15) is 0 Å². The monoisotopic (exact) mass is 268 g/mol. The van der Waals surface area contributed by atoms with Crippen LogP contribution in [0.5, 0.6) is 0 Å². The molecule has 102 valence electrons. The molecule has 2 N–H and O–H groups in total. The molecule has 3 atom stereocenters. The number of nitrogens with two attached hydrogens (primary N) is 1. The molecule has 4 heteroatoms. The molecule has 18 heavy (non-hydrogen) atoms. The Bertz CT molecular complexity index is 366. The Balaban J connectivity index is 1.79. The molecule has 3 unspecified atom stereocenters. The number of hydrogen-bond donors (Lipinski definition) is 1. The van der Waals surface area contributed by atoms with Gasteiger partial charge in [-0.3, -0.25) is 0 Å². The Morgan fingerprint density at radius 2 is 2.33 bits per heavy atom. The van der Waals surface area contributed by atoms with Crippen LogP contribution in [-0.4, -0.2) is 24.2 Å². The Morgan fingerprint density at radius 3 is 3.00 bits per heavy atom. The van der Waals surface area contributed by atoms with E-state index in [-0.39, 0.29) is 0 Å². The van der Waals surface area contributed by atoms with Crippen molar-refractivity contribution < 1.29 is 4.74 Å². The van der Waals surface area contributed by atoms with Crippen molar-refractivity contribution in [3.8, 4) is 0 Å². The van der Waals surface area contributed by atoms with Crippen LogP contribution >= 0.6 is 11.3 Å². The predicted octanol–water partition coefficient (Wildman–Crippen LogP) is 2.77. The highest BCUT2D eigenvalue weighted by molar-refractivity contribution is 7.09. The minimum absolute atomic E-state index is 0.368. The normalized spacial score (nSPS) is 28.5. The lowest BCUT2D eigenvalue weighted by atomic mass is 9.80. The van der Waals surface area contributed by atoms with E-state index >= 15 is 0 Å². The lowest BCUT2D eigenvalue weighted by Gasteiger charge is -2.34. The van der Waals surface area contributed by atoms with Gasteiger partial charge in [-0.25, -0.2) is 4.98 Å². The van der Waals surface area contributed by atoms with E-state index in [4.69, 9.17) is 10.5 Å². The average molecular weight is 268 g/mol. The lowest BCUT2D eigenvalue weighted by molar-refractivity contribution is -0.0192. The first-order chi connectivity index (χ1) is 8.70. The maximum atomic E-state index is 6.08. The predicted molar refractivity (Wildman–Crippen MR) is 75.9 cm³/mol. The van der Waals surface area contributed by atoms with E-state index in [2.05, 4.69) is 18.8 Å². The Kier molecular flexibility index (Phi) is 5.15. The molecular formula is C14H24N2OS. The zero-order valence-corrected chi connectivity index (χ0v) is 12.2. The van der Waals surface area contributed by atoms with Crippen LogP contribution in [0.25, 0.3) is 0 Å². The van der Waals surface area contributed by atoms with E-state index in [1.807, 2.05) is 5.51 Å². The second kappa shape index (κ2) is 6.64. The molecule has 0 aromatic carbocycles. The number of nitrogens with zero attached hydrogens (tertiary/aromatic N) is 1. The summed E-state index contributed by atoms with van der Waals surface area (Å²) in [7, 11) is 0. The largest absolute Gasteiger partial charge is 0.377 e. The first-order valence-electron chi connectivity index (χ1n) is 6.91. The Hall–Kier alpha value is -0.450. The molecule has 0 amide bonds. The number of rotatable bonds is 5. The van der Waals surface area contributed by atoms with Crippen molar-refractivity contribution in [2.45, 2.75) is 45.6 Å². The van der Waals surface area contributed by atoms with E-state index < -0.39 is 0 Å². The summed E-state index contributed by atoms with van der Waals surface area (Å²) in [5.74, 6) is 1.34.